The largest absolute Gasteiger partial charge is 0.354 e. The standard InChI is InChI=1S/C14H21N3O3S.ClH/c18-14(11-15-10-12-6-7-12)16-8-9-17-21(19,20)13-4-2-1-3-5-13;/h1-5,12,15,17H,6-11H2,(H,16,18);1H. The highest BCUT2D eigenvalue weighted by Crippen LogP contribution is 2.27. The Morgan fingerprint density at radius 2 is 1.82 bits per heavy atom. The predicted octanol–water partition coefficient (Wildman–Crippen LogP) is 0.503. The van der Waals surface area contributed by atoms with E-state index < -0.39 is 10.0 Å². The Hall–Kier alpha value is -1.15. The summed E-state index contributed by atoms with van der Waals surface area (Å²) in [7, 11) is -3.50. The molecule has 1 aromatic rings. The second kappa shape index (κ2) is 9.09. The monoisotopic (exact) mass is 347 g/mol. The zero-order chi connectivity index (χ0) is 15.1. The van der Waals surface area contributed by atoms with Crippen LogP contribution in [0, 0.1) is 5.92 Å². The molecule has 8 heteroatoms. The third kappa shape index (κ3) is 6.74. The summed E-state index contributed by atoms with van der Waals surface area (Å²) >= 11 is 0. The number of amides is 1. The molecule has 1 aliphatic carbocycles. The Morgan fingerprint density at radius 1 is 1.14 bits per heavy atom. The number of carbonyl (C=O) groups is 1. The van der Waals surface area contributed by atoms with Crippen LogP contribution < -0.4 is 15.4 Å². The minimum Gasteiger partial charge on any atom is -0.354 e. The fraction of sp³-hybridized carbons (Fsp3) is 0.500. The van der Waals surface area contributed by atoms with E-state index in [1.807, 2.05) is 0 Å². The molecule has 3 N–H and O–H groups in total. The van der Waals surface area contributed by atoms with Crippen LogP contribution in [0.25, 0.3) is 0 Å². The molecule has 1 aliphatic rings. The van der Waals surface area contributed by atoms with Gasteiger partial charge in [0.2, 0.25) is 15.9 Å². The third-order valence-corrected chi connectivity index (χ3v) is 4.69. The SMILES string of the molecule is Cl.O=C(CNCC1CC1)NCCNS(=O)(=O)c1ccccc1. The van der Waals surface area contributed by atoms with Crippen LogP contribution in [0.4, 0.5) is 0 Å². The van der Waals surface area contributed by atoms with Crippen LogP contribution in [0.15, 0.2) is 35.2 Å². The Morgan fingerprint density at radius 3 is 2.45 bits per heavy atom. The Labute approximate surface area is 137 Å². The maximum Gasteiger partial charge on any atom is 0.240 e. The van der Waals surface area contributed by atoms with Crippen molar-refractivity contribution in [2.75, 3.05) is 26.2 Å². The molecule has 0 aliphatic heterocycles. The van der Waals surface area contributed by atoms with Gasteiger partial charge in [0.15, 0.2) is 0 Å². The minimum absolute atomic E-state index is 0. The fourth-order valence-electron chi connectivity index (χ4n) is 1.84. The maximum absolute atomic E-state index is 11.9. The van der Waals surface area contributed by atoms with Gasteiger partial charge in [0.1, 0.15) is 0 Å². The number of halogens is 1. The first kappa shape index (κ1) is 18.9. The molecule has 0 spiro atoms. The molecule has 0 atom stereocenters. The Balaban J connectivity index is 0.00000242. The molecule has 0 aromatic heterocycles. The summed E-state index contributed by atoms with van der Waals surface area (Å²) in [5.74, 6) is 0.616. The number of hydrogen-bond acceptors (Lipinski definition) is 4. The lowest BCUT2D eigenvalue weighted by Gasteiger charge is -2.08. The molecular formula is C14H22ClN3O3S. The van der Waals surface area contributed by atoms with Crippen molar-refractivity contribution in [2.45, 2.75) is 17.7 Å². The van der Waals surface area contributed by atoms with Gasteiger partial charge in [-0.05, 0) is 37.4 Å². The molecule has 1 saturated carbocycles. The van der Waals surface area contributed by atoms with Crippen LogP contribution in [0.1, 0.15) is 12.8 Å². The van der Waals surface area contributed by atoms with Crippen molar-refractivity contribution in [1.82, 2.24) is 15.4 Å². The van der Waals surface area contributed by atoms with Crippen molar-refractivity contribution in [2.24, 2.45) is 5.92 Å². The zero-order valence-corrected chi connectivity index (χ0v) is 13.9. The molecule has 0 radical (unpaired) electrons. The van der Waals surface area contributed by atoms with Crippen molar-refractivity contribution < 1.29 is 13.2 Å². The fourth-order valence-corrected chi connectivity index (χ4v) is 2.90. The van der Waals surface area contributed by atoms with E-state index >= 15 is 0 Å². The highest BCUT2D eigenvalue weighted by molar-refractivity contribution is 7.89. The van der Waals surface area contributed by atoms with E-state index in [2.05, 4.69) is 15.4 Å². The van der Waals surface area contributed by atoms with Crippen LogP contribution in [0.5, 0.6) is 0 Å². The van der Waals surface area contributed by atoms with E-state index in [4.69, 9.17) is 0 Å². The first-order chi connectivity index (χ1) is 10.1. The van der Waals surface area contributed by atoms with Crippen molar-refractivity contribution in [1.29, 1.82) is 0 Å². The smallest absolute Gasteiger partial charge is 0.240 e. The van der Waals surface area contributed by atoms with E-state index in [-0.39, 0.29) is 42.8 Å². The van der Waals surface area contributed by atoms with E-state index in [1.165, 1.54) is 25.0 Å². The van der Waals surface area contributed by atoms with Gasteiger partial charge in [0.05, 0.1) is 11.4 Å². The van der Waals surface area contributed by atoms with Crippen molar-refractivity contribution in [3.63, 3.8) is 0 Å². The molecule has 1 amide bonds. The highest BCUT2D eigenvalue weighted by atomic mass is 35.5. The third-order valence-electron chi connectivity index (χ3n) is 3.21. The van der Waals surface area contributed by atoms with Crippen LogP contribution >= 0.6 is 12.4 Å². The molecule has 1 aromatic carbocycles. The van der Waals surface area contributed by atoms with Gasteiger partial charge < -0.3 is 10.6 Å². The van der Waals surface area contributed by atoms with Gasteiger partial charge in [-0.15, -0.1) is 12.4 Å². The molecule has 0 bridgehead atoms. The van der Waals surface area contributed by atoms with Crippen LogP contribution in [-0.4, -0.2) is 40.5 Å². The molecule has 124 valence electrons. The first-order valence-corrected chi connectivity index (χ1v) is 8.58. The Bertz CT molecular complexity index is 562. The number of rotatable bonds is 9. The van der Waals surface area contributed by atoms with E-state index in [9.17, 15) is 13.2 Å². The summed E-state index contributed by atoms with van der Waals surface area (Å²) in [6.45, 7) is 1.61. The normalized spacial score (nSPS) is 14.2. The lowest BCUT2D eigenvalue weighted by atomic mass is 10.4. The summed E-state index contributed by atoms with van der Waals surface area (Å²) in [5, 5.41) is 5.75. The van der Waals surface area contributed by atoms with Gasteiger partial charge >= 0.3 is 0 Å². The topological polar surface area (TPSA) is 87.3 Å². The molecule has 0 unspecified atom stereocenters. The molecule has 0 heterocycles. The zero-order valence-electron chi connectivity index (χ0n) is 12.2. The quantitative estimate of drug-likeness (QED) is 0.568. The van der Waals surface area contributed by atoms with E-state index in [0.29, 0.717) is 0 Å². The average molecular weight is 348 g/mol. The Kier molecular flexibility index (Phi) is 7.81. The second-order valence-corrected chi connectivity index (χ2v) is 6.90. The maximum atomic E-state index is 11.9. The molecule has 6 nitrogen and oxygen atoms in total. The summed E-state index contributed by atoms with van der Waals surface area (Å²) in [5.41, 5.74) is 0. The van der Waals surface area contributed by atoms with Crippen molar-refractivity contribution in [3.8, 4) is 0 Å². The molecular weight excluding hydrogens is 326 g/mol. The van der Waals surface area contributed by atoms with Crippen LogP contribution in [0.2, 0.25) is 0 Å². The molecule has 1 fully saturated rings. The number of benzene rings is 1. The number of sulfonamides is 1. The number of nitrogens with one attached hydrogen (secondary N) is 3. The summed E-state index contributed by atoms with van der Waals surface area (Å²) < 4.78 is 26.2. The number of carbonyl (C=O) groups excluding carboxylic acids is 1. The molecule has 0 saturated heterocycles. The van der Waals surface area contributed by atoms with Gasteiger partial charge in [-0.3, -0.25) is 4.79 Å². The van der Waals surface area contributed by atoms with Crippen molar-refractivity contribution in [3.05, 3.63) is 30.3 Å². The lowest BCUT2D eigenvalue weighted by Crippen LogP contribution is -2.39. The van der Waals surface area contributed by atoms with Gasteiger partial charge in [0, 0.05) is 13.1 Å². The predicted molar refractivity (Wildman–Crippen MR) is 87.5 cm³/mol. The molecule has 22 heavy (non-hydrogen) atoms. The first-order valence-electron chi connectivity index (χ1n) is 7.10. The van der Waals surface area contributed by atoms with Crippen LogP contribution in [0.3, 0.4) is 0 Å². The highest BCUT2D eigenvalue weighted by Gasteiger charge is 2.20. The van der Waals surface area contributed by atoms with E-state index in [1.54, 1.807) is 18.2 Å². The summed E-state index contributed by atoms with van der Waals surface area (Å²) in [4.78, 5) is 11.7. The van der Waals surface area contributed by atoms with Gasteiger partial charge in [-0.25, -0.2) is 13.1 Å². The van der Waals surface area contributed by atoms with Gasteiger partial charge in [-0.2, -0.15) is 0 Å². The summed E-state index contributed by atoms with van der Waals surface area (Å²) in [6, 6.07) is 8.16. The van der Waals surface area contributed by atoms with Gasteiger partial charge in [0.25, 0.3) is 0 Å². The minimum atomic E-state index is -3.50. The van der Waals surface area contributed by atoms with E-state index in [0.717, 1.165) is 12.5 Å². The van der Waals surface area contributed by atoms with Gasteiger partial charge in [-0.1, -0.05) is 18.2 Å². The van der Waals surface area contributed by atoms with Crippen molar-refractivity contribution >= 4 is 28.3 Å². The second-order valence-electron chi connectivity index (χ2n) is 5.14. The summed E-state index contributed by atoms with van der Waals surface area (Å²) in [6.07, 6.45) is 2.49. The lowest BCUT2D eigenvalue weighted by molar-refractivity contribution is -0.120. The average Bonchev–Trinajstić information content (AvgIpc) is 3.29. The number of hydrogen-bond donors (Lipinski definition) is 3. The van der Waals surface area contributed by atoms with Crippen LogP contribution in [-0.2, 0) is 14.8 Å². The molecule has 2 rings (SSSR count).